The Morgan fingerprint density at radius 1 is 1.42 bits per heavy atom. The van der Waals surface area contributed by atoms with E-state index in [-0.39, 0.29) is 17.4 Å². The van der Waals surface area contributed by atoms with Crippen molar-refractivity contribution >= 4 is 50.8 Å². The van der Waals surface area contributed by atoms with Gasteiger partial charge in [0.05, 0.1) is 21.0 Å². The molecule has 0 bridgehead atoms. The fourth-order valence-corrected chi connectivity index (χ4v) is 4.66. The quantitative estimate of drug-likeness (QED) is 0.413. The zero-order valence-electron chi connectivity index (χ0n) is 18.3. The number of likely N-dealkylation sites (N-methyl/N-ethyl adjacent to an activating group) is 1. The Kier molecular flexibility index (Phi) is 9.32. The van der Waals surface area contributed by atoms with E-state index in [0.717, 1.165) is 17.0 Å². The van der Waals surface area contributed by atoms with E-state index in [2.05, 4.69) is 32.7 Å². The fourth-order valence-electron chi connectivity index (χ4n) is 3.25. The molecule has 0 atom stereocenters. The van der Waals surface area contributed by atoms with Crippen molar-refractivity contribution in [3.8, 4) is 0 Å². The number of rotatable bonds is 8. The van der Waals surface area contributed by atoms with Gasteiger partial charge in [0.25, 0.3) is 0 Å². The number of nitrogen functional groups attached to an aromatic ring is 1. The summed E-state index contributed by atoms with van der Waals surface area (Å²) in [7, 11) is 1.81. The van der Waals surface area contributed by atoms with Crippen molar-refractivity contribution in [2.24, 2.45) is 0 Å². The van der Waals surface area contributed by atoms with Crippen LogP contribution < -0.4 is 10.6 Å². The first-order valence-electron chi connectivity index (χ1n) is 10.0. The molecule has 9 nitrogen and oxygen atoms in total. The highest BCUT2D eigenvalue weighted by molar-refractivity contribution is 9.10. The number of nitro groups is 1. The van der Waals surface area contributed by atoms with Gasteiger partial charge in [0.15, 0.2) is 0 Å². The van der Waals surface area contributed by atoms with Crippen LogP contribution in [0.5, 0.6) is 0 Å². The molecular weight excluding hydrogens is 484 g/mol. The summed E-state index contributed by atoms with van der Waals surface area (Å²) in [4.78, 5) is 33.5. The van der Waals surface area contributed by atoms with Crippen molar-refractivity contribution in [3.05, 3.63) is 42.9 Å². The summed E-state index contributed by atoms with van der Waals surface area (Å²) in [6.07, 6.45) is 4.31. The number of carbonyl (C=O) groups is 1. The maximum absolute atomic E-state index is 12.9. The highest BCUT2D eigenvalue weighted by atomic mass is 79.9. The number of allylic oxidation sites excluding steroid dienone is 2. The molecule has 1 amide bonds. The van der Waals surface area contributed by atoms with Crippen LogP contribution in [0.4, 0.5) is 17.2 Å². The molecule has 1 aromatic rings. The summed E-state index contributed by atoms with van der Waals surface area (Å²) >= 11 is 4.91. The highest BCUT2D eigenvalue weighted by Gasteiger charge is 2.30. The summed E-state index contributed by atoms with van der Waals surface area (Å²) in [5.74, 6) is -0.0831. The maximum atomic E-state index is 12.9. The molecule has 1 aliphatic heterocycles. The number of halogens is 1. The molecule has 1 saturated heterocycles. The number of pyridine rings is 1. The molecule has 0 aromatic carbocycles. The molecule has 1 aromatic heterocycles. The van der Waals surface area contributed by atoms with Gasteiger partial charge in [-0.2, -0.15) is 0 Å². The molecule has 11 heteroatoms. The third kappa shape index (κ3) is 6.20. The summed E-state index contributed by atoms with van der Waals surface area (Å²) in [6.45, 7) is 8.67. The Morgan fingerprint density at radius 2 is 2.06 bits per heavy atom. The van der Waals surface area contributed by atoms with Crippen LogP contribution in [0.25, 0.3) is 0 Å². The molecule has 1 aliphatic rings. The van der Waals surface area contributed by atoms with Crippen molar-refractivity contribution < 1.29 is 9.72 Å². The van der Waals surface area contributed by atoms with Crippen molar-refractivity contribution in [3.63, 3.8) is 0 Å². The molecule has 2 rings (SSSR count). The van der Waals surface area contributed by atoms with Gasteiger partial charge in [-0.25, -0.2) is 4.98 Å². The normalized spacial score (nSPS) is 15.8. The van der Waals surface area contributed by atoms with Crippen molar-refractivity contribution in [2.75, 3.05) is 50.4 Å². The van der Waals surface area contributed by atoms with Crippen molar-refractivity contribution in [1.82, 2.24) is 14.8 Å². The molecule has 2 heterocycles. The Morgan fingerprint density at radius 3 is 2.61 bits per heavy atom. The van der Waals surface area contributed by atoms with Gasteiger partial charge in [-0.15, -0.1) is 0 Å². The standard InChI is InChI=1S/C20H29BrN6O3S/c1-5-11-31-20(14(3)6-2)24(4)16(28)13-25-7-9-26(10-8-25)17-15(21)12-23-19(22)18(17)27(29)30/h5,11-12H,6-10,13H2,1-4H3,(H2,22,23)/b11-5-,20-14+. The summed E-state index contributed by atoms with van der Waals surface area (Å²) in [6, 6.07) is 0. The molecule has 0 spiro atoms. The monoisotopic (exact) mass is 512 g/mol. The second-order valence-electron chi connectivity index (χ2n) is 7.19. The molecule has 2 N–H and O–H groups in total. The molecule has 0 saturated carbocycles. The number of hydrogen-bond donors (Lipinski definition) is 1. The van der Waals surface area contributed by atoms with Gasteiger partial charge >= 0.3 is 5.69 Å². The second-order valence-corrected chi connectivity index (χ2v) is 8.94. The first-order chi connectivity index (χ1) is 14.7. The smallest absolute Gasteiger partial charge is 0.335 e. The van der Waals surface area contributed by atoms with E-state index < -0.39 is 4.92 Å². The lowest BCUT2D eigenvalue weighted by atomic mass is 10.2. The molecule has 0 aliphatic carbocycles. The Labute approximate surface area is 195 Å². The summed E-state index contributed by atoms with van der Waals surface area (Å²) in [5.41, 5.74) is 7.16. The summed E-state index contributed by atoms with van der Waals surface area (Å²) < 4.78 is 0.531. The average Bonchev–Trinajstić information content (AvgIpc) is 2.75. The van der Waals surface area contributed by atoms with Gasteiger partial charge < -0.3 is 15.5 Å². The predicted molar refractivity (Wildman–Crippen MR) is 130 cm³/mol. The maximum Gasteiger partial charge on any atom is 0.335 e. The van der Waals surface area contributed by atoms with Crippen LogP contribution in [0, 0.1) is 10.1 Å². The Bertz CT molecular complexity index is 884. The molecule has 1 fully saturated rings. The van der Waals surface area contributed by atoms with E-state index >= 15 is 0 Å². The van der Waals surface area contributed by atoms with Crippen molar-refractivity contribution in [1.29, 1.82) is 0 Å². The van der Waals surface area contributed by atoms with Crippen LogP contribution in [-0.4, -0.2) is 65.4 Å². The number of nitrogens with two attached hydrogens (primary N) is 1. The minimum absolute atomic E-state index is 0.0218. The fraction of sp³-hybridized carbons (Fsp3) is 0.500. The zero-order chi connectivity index (χ0) is 23.1. The van der Waals surface area contributed by atoms with Crippen LogP contribution >= 0.6 is 27.7 Å². The molecule has 0 unspecified atom stereocenters. The first-order valence-corrected chi connectivity index (χ1v) is 11.7. The number of nitrogens with zero attached hydrogens (tertiary/aromatic N) is 5. The molecular formula is C20H29BrN6O3S. The van der Waals surface area contributed by atoms with Crippen molar-refractivity contribution in [2.45, 2.75) is 27.2 Å². The van der Waals surface area contributed by atoms with Gasteiger partial charge in [-0.05, 0) is 47.2 Å². The number of carbonyl (C=O) groups excluding carboxylic acids is 1. The first kappa shape index (κ1) is 25.2. The van der Waals surface area contributed by atoms with Gasteiger partial charge in [0.2, 0.25) is 11.7 Å². The third-order valence-electron chi connectivity index (χ3n) is 5.13. The number of amides is 1. The Balaban J connectivity index is 2.07. The topological polar surface area (TPSA) is 109 Å². The lowest BCUT2D eigenvalue weighted by Crippen LogP contribution is -2.49. The number of hydrogen-bond acceptors (Lipinski definition) is 8. The van der Waals surface area contributed by atoms with E-state index in [0.29, 0.717) is 42.9 Å². The van der Waals surface area contributed by atoms with Crippen LogP contribution in [-0.2, 0) is 4.79 Å². The van der Waals surface area contributed by atoms with Crippen LogP contribution in [0.1, 0.15) is 27.2 Å². The van der Waals surface area contributed by atoms with Gasteiger partial charge in [0.1, 0.15) is 5.69 Å². The minimum Gasteiger partial charge on any atom is -0.378 e. The second kappa shape index (κ2) is 11.5. The average molecular weight is 513 g/mol. The van der Waals surface area contributed by atoms with Crippen LogP contribution in [0.15, 0.2) is 32.8 Å². The number of anilines is 2. The molecule has 170 valence electrons. The predicted octanol–water partition coefficient (Wildman–Crippen LogP) is 3.82. The zero-order valence-corrected chi connectivity index (χ0v) is 20.7. The van der Waals surface area contributed by atoms with E-state index in [1.807, 2.05) is 37.3 Å². The SMILES string of the molecule is C/C=C\S/C(=C(\C)CC)N(C)C(=O)CN1CCN(c2c(Br)cnc(N)c2[N+](=O)[O-])CC1. The summed E-state index contributed by atoms with van der Waals surface area (Å²) in [5, 5.41) is 14.4. The number of piperazine rings is 1. The lowest BCUT2D eigenvalue weighted by Gasteiger charge is -2.36. The number of aromatic nitrogens is 1. The largest absolute Gasteiger partial charge is 0.378 e. The van der Waals surface area contributed by atoms with Gasteiger partial charge in [-0.3, -0.25) is 19.8 Å². The van der Waals surface area contributed by atoms with Gasteiger partial charge in [0, 0.05) is 39.4 Å². The Hall–Kier alpha value is -2.11. The van der Waals surface area contributed by atoms with E-state index in [1.54, 1.807) is 16.7 Å². The van der Waals surface area contributed by atoms with Crippen LogP contribution in [0.2, 0.25) is 0 Å². The van der Waals surface area contributed by atoms with Gasteiger partial charge in [-0.1, -0.05) is 24.8 Å². The lowest BCUT2D eigenvalue weighted by molar-refractivity contribution is -0.383. The third-order valence-corrected chi connectivity index (χ3v) is 6.96. The minimum atomic E-state index is -0.500. The molecule has 0 radical (unpaired) electrons. The van der Waals surface area contributed by atoms with Crippen LogP contribution in [0.3, 0.4) is 0 Å². The van der Waals surface area contributed by atoms with E-state index in [9.17, 15) is 14.9 Å². The highest BCUT2D eigenvalue weighted by Crippen LogP contribution is 2.39. The van der Waals surface area contributed by atoms with E-state index in [1.165, 1.54) is 6.20 Å². The molecule has 31 heavy (non-hydrogen) atoms. The number of thioether (sulfide) groups is 1. The van der Waals surface area contributed by atoms with E-state index in [4.69, 9.17) is 5.73 Å².